The number of nitrogens with zero attached hydrogens (tertiary/aromatic N) is 2. The fourth-order valence-corrected chi connectivity index (χ4v) is 4.05. The van der Waals surface area contributed by atoms with Crippen LogP contribution >= 0.6 is 0 Å². The highest BCUT2D eigenvalue weighted by Gasteiger charge is 2.43. The summed E-state index contributed by atoms with van der Waals surface area (Å²) in [6.07, 6.45) is 0. The van der Waals surface area contributed by atoms with Gasteiger partial charge in [-0.1, -0.05) is 42.0 Å². The molecule has 0 saturated carbocycles. The molecule has 4 aromatic rings. The SMILES string of the molecule is COc1ccc([C@@H]2c3c(-c4ccc(C)cc4)n[nH]c3C(=O)N2c2ccc(F)cc2)cc1. The summed E-state index contributed by atoms with van der Waals surface area (Å²) in [5, 5.41) is 7.43. The summed E-state index contributed by atoms with van der Waals surface area (Å²) in [4.78, 5) is 15.1. The number of hydrogen-bond acceptors (Lipinski definition) is 3. The minimum atomic E-state index is -0.408. The number of aryl methyl sites for hydroxylation is 1. The van der Waals surface area contributed by atoms with Gasteiger partial charge in [-0.15, -0.1) is 0 Å². The molecule has 0 saturated heterocycles. The molecule has 1 aliphatic rings. The third kappa shape index (κ3) is 3.17. The first-order chi connectivity index (χ1) is 15.1. The molecule has 0 radical (unpaired) electrons. The normalized spacial score (nSPS) is 15.3. The average Bonchev–Trinajstić information content (AvgIpc) is 3.34. The van der Waals surface area contributed by atoms with Crippen molar-refractivity contribution in [2.24, 2.45) is 0 Å². The van der Waals surface area contributed by atoms with Gasteiger partial charge in [0, 0.05) is 16.8 Å². The van der Waals surface area contributed by atoms with E-state index in [2.05, 4.69) is 10.2 Å². The second-order valence-corrected chi connectivity index (χ2v) is 7.55. The molecule has 1 aromatic heterocycles. The summed E-state index contributed by atoms with van der Waals surface area (Å²) in [5.74, 6) is 0.179. The van der Waals surface area contributed by atoms with E-state index in [1.165, 1.54) is 12.1 Å². The molecule has 2 heterocycles. The quantitative estimate of drug-likeness (QED) is 0.495. The van der Waals surface area contributed by atoms with Crippen molar-refractivity contribution in [3.8, 4) is 17.0 Å². The van der Waals surface area contributed by atoms with Crippen LogP contribution in [0.2, 0.25) is 0 Å². The van der Waals surface area contributed by atoms with E-state index in [0.717, 1.165) is 33.7 Å². The Morgan fingerprint density at radius 1 is 0.968 bits per heavy atom. The Balaban J connectivity index is 1.70. The van der Waals surface area contributed by atoms with E-state index < -0.39 is 6.04 Å². The summed E-state index contributed by atoms with van der Waals surface area (Å²) < 4.78 is 18.9. The molecule has 31 heavy (non-hydrogen) atoms. The monoisotopic (exact) mass is 413 g/mol. The second-order valence-electron chi connectivity index (χ2n) is 7.55. The van der Waals surface area contributed by atoms with Crippen LogP contribution in [0.3, 0.4) is 0 Å². The molecule has 1 atom stereocenters. The van der Waals surface area contributed by atoms with Gasteiger partial charge < -0.3 is 4.74 Å². The van der Waals surface area contributed by atoms with Crippen LogP contribution in [0.4, 0.5) is 10.1 Å². The van der Waals surface area contributed by atoms with Crippen LogP contribution in [0.15, 0.2) is 72.8 Å². The molecule has 0 aliphatic carbocycles. The van der Waals surface area contributed by atoms with Gasteiger partial charge in [0.2, 0.25) is 0 Å². The van der Waals surface area contributed by atoms with Crippen molar-refractivity contribution in [1.82, 2.24) is 10.2 Å². The van der Waals surface area contributed by atoms with Crippen molar-refractivity contribution < 1.29 is 13.9 Å². The molecule has 1 N–H and O–H groups in total. The van der Waals surface area contributed by atoms with E-state index in [9.17, 15) is 9.18 Å². The standard InChI is InChI=1S/C25H20FN3O2/c1-15-3-5-16(6-4-15)22-21-23(28-27-22)25(30)29(19-11-9-18(26)10-12-19)24(21)17-7-13-20(31-2)14-8-17/h3-14,24H,1-2H3,(H,27,28)/t24-/m1/s1. The van der Waals surface area contributed by atoms with E-state index in [1.54, 1.807) is 24.1 Å². The number of fused-ring (bicyclic) bond motifs is 1. The van der Waals surface area contributed by atoms with Gasteiger partial charge in [0.1, 0.15) is 17.3 Å². The number of aromatic amines is 1. The van der Waals surface area contributed by atoms with Gasteiger partial charge in [-0.05, 0) is 48.9 Å². The highest BCUT2D eigenvalue weighted by molar-refractivity contribution is 6.11. The first-order valence-electron chi connectivity index (χ1n) is 9.95. The maximum absolute atomic E-state index is 13.6. The predicted octanol–water partition coefficient (Wildman–Crippen LogP) is 5.28. The molecule has 0 spiro atoms. The Morgan fingerprint density at radius 2 is 1.65 bits per heavy atom. The summed E-state index contributed by atoms with van der Waals surface area (Å²) in [5.41, 5.74) is 5.58. The number of halogens is 1. The van der Waals surface area contributed by atoms with Gasteiger partial charge in [0.05, 0.1) is 18.8 Å². The fraction of sp³-hybridized carbons (Fsp3) is 0.120. The number of aromatic nitrogens is 2. The van der Waals surface area contributed by atoms with Gasteiger partial charge in [-0.25, -0.2) is 4.39 Å². The van der Waals surface area contributed by atoms with Gasteiger partial charge >= 0.3 is 0 Å². The van der Waals surface area contributed by atoms with Crippen molar-refractivity contribution in [2.75, 3.05) is 12.0 Å². The van der Waals surface area contributed by atoms with E-state index in [0.29, 0.717) is 11.4 Å². The number of amides is 1. The Morgan fingerprint density at radius 3 is 2.29 bits per heavy atom. The first kappa shape index (κ1) is 19.1. The zero-order valence-corrected chi connectivity index (χ0v) is 17.1. The Bertz CT molecular complexity index is 1250. The van der Waals surface area contributed by atoms with Crippen LogP contribution in [0.1, 0.15) is 33.2 Å². The van der Waals surface area contributed by atoms with Crippen molar-refractivity contribution in [3.63, 3.8) is 0 Å². The zero-order chi connectivity index (χ0) is 21.5. The number of methoxy groups -OCH3 is 1. The van der Waals surface area contributed by atoms with Crippen molar-refractivity contribution in [3.05, 3.63) is 101 Å². The number of carbonyl (C=O) groups excluding carboxylic acids is 1. The van der Waals surface area contributed by atoms with Crippen molar-refractivity contribution in [1.29, 1.82) is 0 Å². The first-order valence-corrected chi connectivity index (χ1v) is 9.95. The Kier molecular flexibility index (Phi) is 4.55. The molecule has 3 aromatic carbocycles. The molecule has 5 nitrogen and oxygen atoms in total. The number of H-pyrrole nitrogens is 1. The van der Waals surface area contributed by atoms with Gasteiger partial charge in [0.25, 0.3) is 5.91 Å². The molecular formula is C25H20FN3O2. The van der Waals surface area contributed by atoms with Crippen LogP contribution in [-0.4, -0.2) is 23.2 Å². The molecule has 0 bridgehead atoms. The van der Waals surface area contributed by atoms with Crippen LogP contribution in [0, 0.1) is 12.7 Å². The van der Waals surface area contributed by atoms with Crippen LogP contribution in [-0.2, 0) is 0 Å². The summed E-state index contributed by atoms with van der Waals surface area (Å²) in [6.45, 7) is 2.03. The molecule has 0 fully saturated rings. The lowest BCUT2D eigenvalue weighted by Crippen LogP contribution is -2.29. The summed E-state index contributed by atoms with van der Waals surface area (Å²) in [6, 6.07) is 21.2. The Labute approximate surface area is 179 Å². The fourth-order valence-electron chi connectivity index (χ4n) is 4.05. The van der Waals surface area contributed by atoms with E-state index in [4.69, 9.17) is 4.74 Å². The molecular weight excluding hydrogens is 393 g/mol. The molecule has 0 unspecified atom stereocenters. The number of rotatable bonds is 4. The second kappa shape index (κ2) is 7.40. The lowest BCUT2D eigenvalue weighted by Gasteiger charge is -2.26. The van der Waals surface area contributed by atoms with Gasteiger partial charge in [-0.2, -0.15) is 5.10 Å². The molecule has 154 valence electrons. The maximum atomic E-state index is 13.6. The third-order valence-corrected chi connectivity index (χ3v) is 5.63. The van der Waals surface area contributed by atoms with Crippen LogP contribution in [0.5, 0.6) is 5.75 Å². The number of hydrogen-bond donors (Lipinski definition) is 1. The summed E-state index contributed by atoms with van der Waals surface area (Å²) >= 11 is 0. The maximum Gasteiger partial charge on any atom is 0.277 e. The van der Waals surface area contributed by atoms with Crippen LogP contribution in [0.25, 0.3) is 11.3 Å². The largest absolute Gasteiger partial charge is 0.497 e. The highest BCUT2D eigenvalue weighted by Crippen LogP contribution is 2.45. The van der Waals surface area contributed by atoms with Gasteiger partial charge in [-0.3, -0.25) is 14.8 Å². The van der Waals surface area contributed by atoms with E-state index >= 15 is 0 Å². The Hall–Kier alpha value is -3.93. The minimum absolute atomic E-state index is 0.201. The van der Waals surface area contributed by atoms with Crippen molar-refractivity contribution >= 4 is 11.6 Å². The van der Waals surface area contributed by atoms with E-state index in [1.807, 2.05) is 55.5 Å². The third-order valence-electron chi connectivity index (χ3n) is 5.63. The lowest BCUT2D eigenvalue weighted by molar-refractivity contribution is 0.0988. The molecule has 6 heteroatoms. The number of benzene rings is 3. The number of carbonyl (C=O) groups is 1. The van der Waals surface area contributed by atoms with E-state index in [-0.39, 0.29) is 11.7 Å². The smallest absolute Gasteiger partial charge is 0.277 e. The zero-order valence-electron chi connectivity index (χ0n) is 17.1. The molecule has 1 aliphatic heterocycles. The number of nitrogens with one attached hydrogen (secondary N) is 1. The minimum Gasteiger partial charge on any atom is -0.497 e. The highest BCUT2D eigenvalue weighted by atomic mass is 19.1. The van der Waals surface area contributed by atoms with Crippen molar-refractivity contribution in [2.45, 2.75) is 13.0 Å². The number of anilines is 1. The average molecular weight is 413 g/mol. The van der Waals surface area contributed by atoms with Crippen LogP contribution < -0.4 is 9.64 Å². The van der Waals surface area contributed by atoms with Gasteiger partial charge in [0.15, 0.2) is 0 Å². The lowest BCUT2D eigenvalue weighted by atomic mass is 9.95. The predicted molar refractivity (Wildman–Crippen MR) is 117 cm³/mol. The number of ether oxygens (including phenoxy) is 1. The topological polar surface area (TPSA) is 58.2 Å². The molecule has 1 amide bonds. The molecule has 5 rings (SSSR count). The summed E-state index contributed by atoms with van der Waals surface area (Å²) in [7, 11) is 1.61.